The summed E-state index contributed by atoms with van der Waals surface area (Å²) in [7, 11) is 0.963. The van der Waals surface area contributed by atoms with Gasteiger partial charge in [-0.2, -0.15) is 0 Å². The number of quaternary nitrogens is 1. The van der Waals surface area contributed by atoms with Gasteiger partial charge in [0.2, 0.25) is 5.34 Å². The molecule has 1 atom stereocenters. The van der Waals surface area contributed by atoms with E-state index in [9.17, 15) is 19.5 Å². The molecule has 0 aliphatic rings. The zero-order valence-corrected chi connectivity index (χ0v) is 21.0. The number of hydrogen-bond donors (Lipinski definition) is 3. The SMILES string of the molecule is CCC/C=C\CC/C=C\CCCCCCCCCCC(O)(C[N+](C)(C)C)P(=O)(O)O. The van der Waals surface area contributed by atoms with Crippen LogP contribution in [0.3, 0.4) is 0 Å². The monoisotopic (exact) mass is 446 g/mol. The van der Waals surface area contributed by atoms with Crippen LogP contribution in [0.15, 0.2) is 24.3 Å². The van der Waals surface area contributed by atoms with Crippen LogP contribution in [-0.2, 0) is 4.57 Å². The molecule has 0 saturated heterocycles. The minimum absolute atomic E-state index is 0.0568. The van der Waals surface area contributed by atoms with Crippen molar-refractivity contribution in [1.29, 1.82) is 0 Å². The van der Waals surface area contributed by atoms with Crippen LogP contribution in [0.4, 0.5) is 0 Å². The molecule has 6 heteroatoms. The topological polar surface area (TPSA) is 77.8 Å². The Kier molecular flexibility index (Phi) is 16.0. The minimum Gasteiger partial charge on any atom is -0.373 e. The molecule has 0 aromatic rings. The van der Waals surface area contributed by atoms with Crippen LogP contribution < -0.4 is 0 Å². The molecule has 0 aliphatic heterocycles. The second-order valence-electron chi connectivity index (χ2n) is 9.65. The lowest BCUT2D eigenvalue weighted by Gasteiger charge is -2.35. The van der Waals surface area contributed by atoms with Crippen LogP contribution >= 0.6 is 7.60 Å². The number of allylic oxidation sites excluding steroid dienone is 4. The molecule has 0 heterocycles. The number of hydrogen-bond acceptors (Lipinski definition) is 2. The van der Waals surface area contributed by atoms with Crippen molar-refractivity contribution in [3.63, 3.8) is 0 Å². The molecule has 0 aliphatic carbocycles. The molecule has 0 bridgehead atoms. The summed E-state index contributed by atoms with van der Waals surface area (Å²) < 4.78 is 12.1. The normalized spacial score (nSPS) is 15.3. The number of unbranched alkanes of at least 4 members (excludes halogenated alkanes) is 10. The molecule has 0 rings (SSSR count). The molecular weight excluding hydrogens is 397 g/mol. The molecule has 5 nitrogen and oxygen atoms in total. The lowest BCUT2D eigenvalue weighted by molar-refractivity contribution is -0.875. The van der Waals surface area contributed by atoms with E-state index < -0.39 is 12.9 Å². The van der Waals surface area contributed by atoms with Gasteiger partial charge >= 0.3 is 7.60 Å². The largest absolute Gasteiger partial charge is 0.373 e. The molecule has 0 radical (unpaired) electrons. The van der Waals surface area contributed by atoms with Crippen LogP contribution in [-0.4, -0.2) is 52.4 Å². The fourth-order valence-corrected chi connectivity index (χ4v) is 4.70. The summed E-state index contributed by atoms with van der Waals surface area (Å²) in [5.41, 5.74) is 0. The number of rotatable bonds is 19. The molecule has 0 fully saturated rings. The van der Waals surface area contributed by atoms with Crippen molar-refractivity contribution in [3.8, 4) is 0 Å². The second kappa shape index (κ2) is 16.2. The molecule has 0 saturated carbocycles. The molecule has 1 unspecified atom stereocenters. The first kappa shape index (κ1) is 29.5. The summed E-state index contributed by atoms with van der Waals surface area (Å²) in [5.74, 6) is 0. The van der Waals surface area contributed by atoms with Crippen LogP contribution in [0.2, 0.25) is 0 Å². The Hall–Kier alpha value is -0.450. The fourth-order valence-electron chi connectivity index (χ4n) is 3.64. The van der Waals surface area contributed by atoms with Gasteiger partial charge in [-0.15, -0.1) is 0 Å². The Morgan fingerprint density at radius 1 is 0.733 bits per heavy atom. The zero-order valence-electron chi connectivity index (χ0n) is 20.1. The highest BCUT2D eigenvalue weighted by molar-refractivity contribution is 7.53. The maximum atomic E-state index is 11.8. The van der Waals surface area contributed by atoms with Gasteiger partial charge in [0, 0.05) is 0 Å². The van der Waals surface area contributed by atoms with E-state index >= 15 is 0 Å². The first-order valence-electron chi connectivity index (χ1n) is 11.9. The summed E-state index contributed by atoms with van der Waals surface area (Å²) in [6.07, 6.45) is 24.0. The van der Waals surface area contributed by atoms with Crippen LogP contribution in [0.1, 0.15) is 96.8 Å². The maximum Gasteiger partial charge on any atom is 0.362 e. The van der Waals surface area contributed by atoms with Crippen molar-refractivity contribution >= 4 is 7.60 Å². The van der Waals surface area contributed by atoms with E-state index in [0.717, 1.165) is 32.1 Å². The van der Waals surface area contributed by atoms with E-state index in [-0.39, 0.29) is 13.0 Å². The second-order valence-corrected chi connectivity index (χ2v) is 11.6. The van der Waals surface area contributed by atoms with Crippen molar-refractivity contribution in [3.05, 3.63) is 24.3 Å². The van der Waals surface area contributed by atoms with Gasteiger partial charge in [0.15, 0.2) is 0 Å². The van der Waals surface area contributed by atoms with Crippen LogP contribution in [0.25, 0.3) is 0 Å². The lowest BCUT2D eigenvalue weighted by Crippen LogP contribution is -2.49. The molecule has 0 aromatic carbocycles. The predicted molar refractivity (Wildman–Crippen MR) is 128 cm³/mol. The standard InChI is InChI=1S/C24H48NO4P/c1-5-6-7-8-9-10-11-12-13-14-15-16-17-18-19-20-21-22-24(26,30(27,28)29)23-25(2,3)4/h7-8,11-12,26H,5-6,9-10,13-23H2,1-4H3,(H-,27,28,29)/p+1/b8-7-,12-11-. The van der Waals surface area contributed by atoms with Gasteiger partial charge in [0.25, 0.3) is 0 Å². The van der Waals surface area contributed by atoms with E-state index in [1.807, 2.05) is 21.1 Å². The third-order valence-corrected chi connectivity index (χ3v) is 6.71. The third kappa shape index (κ3) is 16.3. The van der Waals surface area contributed by atoms with Gasteiger partial charge < -0.3 is 19.4 Å². The van der Waals surface area contributed by atoms with Gasteiger partial charge in [-0.05, 0) is 44.9 Å². The van der Waals surface area contributed by atoms with E-state index in [0.29, 0.717) is 10.9 Å². The van der Waals surface area contributed by atoms with Crippen molar-refractivity contribution in [2.45, 2.75) is 102 Å². The molecule has 3 N–H and O–H groups in total. The van der Waals surface area contributed by atoms with Gasteiger partial charge in [-0.3, -0.25) is 4.57 Å². The van der Waals surface area contributed by atoms with E-state index in [2.05, 4.69) is 31.2 Å². The minimum atomic E-state index is -4.54. The van der Waals surface area contributed by atoms with Gasteiger partial charge in [-0.1, -0.05) is 76.2 Å². The highest BCUT2D eigenvalue weighted by Crippen LogP contribution is 2.52. The van der Waals surface area contributed by atoms with Crippen molar-refractivity contribution < 1.29 is 23.9 Å². The molecule has 0 spiro atoms. The smallest absolute Gasteiger partial charge is 0.362 e. The van der Waals surface area contributed by atoms with Gasteiger partial charge in [0.05, 0.1) is 21.1 Å². The summed E-state index contributed by atoms with van der Waals surface area (Å²) in [6.45, 7) is 2.26. The molecule has 30 heavy (non-hydrogen) atoms. The Labute approximate surface area is 186 Å². The third-order valence-electron chi connectivity index (χ3n) is 5.26. The first-order chi connectivity index (χ1) is 14.0. The average molecular weight is 447 g/mol. The maximum absolute atomic E-state index is 11.8. The Bertz CT molecular complexity index is 522. The quantitative estimate of drug-likeness (QED) is 0.0962. The molecule has 0 aromatic heterocycles. The summed E-state index contributed by atoms with van der Waals surface area (Å²) in [4.78, 5) is 19.2. The van der Waals surface area contributed by atoms with Gasteiger partial charge in [0.1, 0.15) is 6.54 Å². The summed E-state index contributed by atoms with van der Waals surface area (Å²) in [6, 6.07) is 0. The van der Waals surface area contributed by atoms with Crippen molar-refractivity contribution in [2.24, 2.45) is 0 Å². The number of nitrogens with zero attached hydrogens (tertiary/aromatic N) is 1. The highest BCUT2D eigenvalue weighted by Gasteiger charge is 2.48. The lowest BCUT2D eigenvalue weighted by atomic mass is 10.0. The van der Waals surface area contributed by atoms with E-state index in [1.54, 1.807) is 0 Å². The Morgan fingerprint density at radius 3 is 1.63 bits per heavy atom. The van der Waals surface area contributed by atoms with Gasteiger partial charge in [-0.25, -0.2) is 0 Å². The first-order valence-corrected chi connectivity index (χ1v) is 13.5. The number of likely N-dealkylation sites (N-methyl/N-ethyl adjacent to an activating group) is 1. The molecule has 0 amide bonds. The zero-order chi connectivity index (χ0) is 22.9. The number of aliphatic hydroxyl groups is 1. The van der Waals surface area contributed by atoms with Crippen molar-refractivity contribution in [2.75, 3.05) is 27.7 Å². The predicted octanol–water partition coefficient (Wildman–Crippen LogP) is 6.15. The average Bonchev–Trinajstić information content (AvgIpc) is 2.62. The van der Waals surface area contributed by atoms with E-state index in [1.165, 1.54) is 44.9 Å². The molecule has 178 valence electrons. The Balaban J connectivity index is 3.70. The highest BCUT2D eigenvalue weighted by atomic mass is 31.2. The van der Waals surface area contributed by atoms with Crippen LogP contribution in [0, 0.1) is 0 Å². The fraction of sp³-hybridized carbons (Fsp3) is 0.833. The van der Waals surface area contributed by atoms with E-state index in [4.69, 9.17) is 0 Å². The van der Waals surface area contributed by atoms with Crippen molar-refractivity contribution in [1.82, 2.24) is 0 Å². The summed E-state index contributed by atoms with van der Waals surface area (Å²) >= 11 is 0. The summed E-state index contributed by atoms with van der Waals surface area (Å²) in [5, 5.41) is 8.61. The molecular formula is C24H49NO4P+. The Morgan fingerprint density at radius 2 is 1.17 bits per heavy atom. The van der Waals surface area contributed by atoms with Crippen LogP contribution in [0.5, 0.6) is 0 Å².